The largest absolute Gasteiger partial charge is 0.493 e. The van der Waals surface area contributed by atoms with Crippen LogP contribution in [0.2, 0.25) is 0 Å². The van der Waals surface area contributed by atoms with Crippen LogP contribution in [0.15, 0.2) is 60.9 Å². The fourth-order valence-corrected chi connectivity index (χ4v) is 5.16. The summed E-state index contributed by atoms with van der Waals surface area (Å²) < 4.78 is 45.8. The molecule has 10 nitrogen and oxygen atoms in total. The molecule has 1 unspecified atom stereocenters. The molecule has 1 heterocycles. The Bertz CT molecular complexity index is 1700. The summed E-state index contributed by atoms with van der Waals surface area (Å²) in [5, 5.41) is 5.81. The number of nitrogens with zero attached hydrogens (tertiary/aromatic N) is 3. The van der Waals surface area contributed by atoms with Crippen LogP contribution >= 0.6 is 0 Å². The van der Waals surface area contributed by atoms with Crippen LogP contribution in [0, 0.1) is 23.0 Å². The maximum Gasteiger partial charge on any atom is 0.240 e. The predicted octanol–water partition coefficient (Wildman–Crippen LogP) is 6.03. The van der Waals surface area contributed by atoms with Crippen LogP contribution < -0.4 is 24.8 Å². The molecule has 236 valence electrons. The maximum atomic E-state index is 15.2. The third-order valence-electron chi connectivity index (χ3n) is 8.06. The molecule has 0 aliphatic heterocycles. The molecular formula is C33H35F2N5O5. The molecule has 0 bridgehead atoms. The van der Waals surface area contributed by atoms with Crippen LogP contribution in [0.25, 0.3) is 10.9 Å². The number of benzene rings is 3. The van der Waals surface area contributed by atoms with E-state index in [2.05, 4.69) is 39.3 Å². The molecule has 0 saturated heterocycles. The number of carbonyl (C=O) groups excluding carboxylic acids is 2. The molecule has 45 heavy (non-hydrogen) atoms. The van der Waals surface area contributed by atoms with Gasteiger partial charge >= 0.3 is 0 Å². The van der Waals surface area contributed by atoms with E-state index >= 15 is 4.39 Å². The summed E-state index contributed by atoms with van der Waals surface area (Å²) in [4.78, 5) is 37.0. The molecule has 3 aromatic carbocycles. The molecule has 1 aliphatic carbocycles. The van der Waals surface area contributed by atoms with Gasteiger partial charge in [0.15, 0.2) is 23.1 Å². The molecule has 12 heteroatoms. The van der Waals surface area contributed by atoms with Gasteiger partial charge in [-0.3, -0.25) is 9.59 Å². The Morgan fingerprint density at radius 2 is 1.60 bits per heavy atom. The Morgan fingerprint density at radius 1 is 0.933 bits per heavy atom. The number of aromatic nitrogens is 2. The van der Waals surface area contributed by atoms with Crippen molar-refractivity contribution in [2.24, 2.45) is 11.3 Å². The Kier molecular flexibility index (Phi) is 9.43. The molecule has 2 amide bonds. The van der Waals surface area contributed by atoms with Crippen LogP contribution in [0.5, 0.6) is 23.1 Å². The molecule has 1 aliphatic rings. The first-order valence-corrected chi connectivity index (χ1v) is 14.7. The zero-order chi connectivity index (χ0) is 32.1. The number of anilines is 2. The molecule has 2 N–H and O–H groups in total. The highest BCUT2D eigenvalue weighted by molar-refractivity contribution is 6.17. The topological polar surface area (TPSA) is 115 Å². The first kappa shape index (κ1) is 31.6. The monoisotopic (exact) mass is 619 g/mol. The minimum Gasteiger partial charge on any atom is -0.493 e. The van der Waals surface area contributed by atoms with Crippen molar-refractivity contribution < 1.29 is 32.6 Å². The van der Waals surface area contributed by atoms with E-state index in [0.717, 1.165) is 25.7 Å². The van der Waals surface area contributed by atoms with Crippen LogP contribution in [-0.2, 0) is 9.59 Å². The fourth-order valence-electron chi connectivity index (χ4n) is 5.16. The first-order valence-electron chi connectivity index (χ1n) is 14.7. The number of hydrogen-bond acceptors (Lipinski definition) is 8. The van der Waals surface area contributed by atoms with Gasteiger partial charge in [-0.2, -0.15) is 0 Å². The van der Waals surface area contributed by atoms with Gasteiger partial charge in [0.2, 0.25) is 17.7 Å². The van der Waals surface area contributed by atoms with Crippen LogP contribution in [0.4, 0.5) is 20.2 Å². The Morgan fingerprint density at radius 3 is 2.22 bits per heavy atom. The molecular weight excluding hydrogens is 584 g/mol. The third-order valence-corrected chi connectivity index (χ3v) is 8.06. The molecule has 0 radical (unpaired) electrons. The van der Waals surface area contributed by atoms with E-state index in [1.807, 2.05) is 0 Å². The van der Waals surface area contributed by atoms with E-state index in [1.54, 1.807) is 19.1 Å². The lowest BCUT2D eigenvalue weighted by molar-refractivity contribution is -0.131. The molecule has 1 fully saturated rings. The number of fused-ring (bicyclic) bond motifs is 1. The molecule has 0 spiro atoms. The van der Waals surface area contributed by atoms with E-state index in [1.165, 1.54) is 49.8 Å². The standard InChI is InChI=1S/C33H35F2N5O5/c1-5-40(6-2)13-14-44-29-17-26-24(16-28(29)43-4)30(37-19-36-26)45-27-12-11-23(15-25(27)35)39-32(42)33(18-20(33)3)31(41)38-22-9-7-21(34)8-10-22/h7-12,15-17,19-20H,5-6,13-14,18H2,1-4H3,(H,38,41)(H,39,42)/t20-,33?/m1/s1. The van der Waals surface area contributed by atoms with Crippen molar-refractivity contribution in [1.29, 1.82) is 0 Å². The zero-order valence-corrected chi connectivity index (χ0v) is 25.5. The van der Waals surface area contributed by atoms with Gasteiger partial charge in [-0.15, -0.1) is 0 Å². The van der Waals surface area contributed by atoms with Gasteiger partial charge in [-0.25, -0.2) is 18.7 Å². The number of nitrogens with one attached hydrogen (secondary N) is 2. The highest BCUT2D eigenvalue weighted by Gasteiger charge is 2.63. The molecule has 1 saturated carbocycles. The first-order chi connectivity index (χ1) is 21.7. The minimum absolute atomic E-state index is 0.104. The summed E-state index contributed by atoms with van der Waals surface area (Å²) in [5.41, 5.74) is -0.286. The summed E-state index contributed by atoms with van der Waals surface area (Å²) in [5.74, 6) is -1.56. The van der Waals surface area contributed by atoms with E-state index in [4.69, 9.17) is 14.2 Å². The molecule has 5 rings (SSSR count). The smallest absolute Gasteiger partial charge is 0.240 e. The van der Waals surface area contributed by atoms with E-state index in [9.17, 15) is 14.0 Å². The number of carbonyl (C=O) groups is 2. The SMILES string of the molecule is CCN(CC)CCOc1cc2ncnc(Oc3ccc(NC(=O)C4(C(=O)Nc5ccc(F)cc5)C[C@H]4C)cc3F)c2cc1OC. The normalized spacial score (nSPS) is 17.2. The average molecular weight is 620 g/mol. The van der Waals surface area contributed by atoms with Crippen molar-refractivity contribution in [3.63, 3.8) is 0 Å². The summed E-state index contributed by atoms with van der Waals surface area (Å²) in [6.45, 7) is 9.02. The number of rotatable bonds is 13. The van der Waals surface area contributed by atoms with Crippen LogP contribution in [0.3, 0.4) is 0 Å². The molecule has 4 aromatic rings. The number of amides is 2. The van der Waals surface area contributed by atoms with Gasteiger partial charge in [0.1, 0.15) is 24.2 Å². The van der Waals surface area contributed by atoms with E-state index < -0.39 is 28.9 Å². The number of likely N-dealkylation sites (N-methyl/N-ethyl adjacent to an activating group) is 1. The van der Waals surface area contributed by atoms with Crippen molar-refractivity contribution >= 4 is 34.1 Å². The average Bonchev–Trinajstić information content (AvgIpc) is 3.73. The predicted molar refractivity (Wildman–Crippen MR) is 166 cm³/mol. The van der Waals surface area contributed by atoms with Crippen LogP contribution in [0.1, 0.15) is 27.2 Å². The lowest BCUT2D eigenvalue weighted by Crippen LogP contribution is -2.37. The fraction of sp³-hybridized carbons (Fsp3) is 0.333. The molecule has 1 aromatic heterocycles. The van der Waals surface area contributed by atoms with Gasteiger partial charge in [-0.05, 0) is 67.9 Å². The summed E-state index contributed by atoms with van der Waals surface area (Å²) >= 11 is 0. The van der Waals surface area contributed by atoms with Crippen LogP contribution in [-0.4, -0.2) is 60.0 Å². The second-order valence-electron chi connectivity index (χ2n) is 10.8. The van der Waals surface area contributed by atoms with Crippen molar-refractivity contribution in [1.82, 2.24) is 14.9 Å². The third kappa shape index (κ3) is 6.80. The summed E-state index contributed by atoms with van der Waals surface area (Å²) in [7, 11) is 1.52. The second-order valence-corrected chi connectivity index (χ2v) is 10.8. The van der Waals surface area contributed by atoms with Crippen molar-refractivity contribution in [2.45, 2.75) is 27.2 Å². The summed E-state index contributed by atoms with van der Waals surface area (Å²) in [6.07, 6.45) is 1.63. The van der Waals surface area contributed by atoms with E-state index in [0.29, 0.717) is 41.1 Å². The van der Waals surface area contributed by atoms with Gasteiger partial charge in [0.25, 0.3) is 0 Å². The van der Waals surface area contributed by atoms with Crippen molar-refractivity contribution in [2.75, 3.05) is 44.0 Å². The van der Waals surface area contributed by atoms with Gasteiger partial charge in [0.05, 0.1) is 18.0 Å². The number of hydrogen-bond donors (Lipinski definition) is 2. The lowest BCUT2D eigenvalue weighted by Gasteiger charge is -2.19. The van der Waals surface area contributed by atoms with Gasteiger partial charge < -0.3 is 29.7 Å². The Labute approximate surface area is 259 Å². The quantitative estimate of drug-likeness (QED) is 0.174. The van der Waals surface area contributed by atoms with Gasteiger partial charge in [-0.1, -0.05) is 20.8 Å². The van der Waals surface area contributed by atoms with E-state index in [-0.39, 0.29) is 23.2 Å². The lowest BCUT2D eigenvalue weighted by atomic mass is 10.0. The second kappa shape index (κ2) is 13.4. The molecule has 2 atom stereocenters. The van der Waals surface area contributed by atoms with Crippen molar-refractivity contribution in [3.8, 4) is 23.1 Å². The van der Waals surface area contributed by atoms with Crippen molar-refractivity contribution in [3.05, 3.63) is 72.6 Å². The maximum absolute atomic E-state index is 15.2. The number of halogens is 2. The highest BCUT2D eigenvalue weighted by atomic mass is 19.1. The highest BCUT2D eigenvalue weighted by Crippen LogP contribution is 2.53. The summed E-state index contributed by atoms with van der Waals surface area (Å²) in [6, 6.07) is 12.6. The minimum atomic E-state index is -1.33. The number of methoxy groups -OCH3 is 1. The number of ether oxygens (including phenoxy) is 3. The zero-order valence-electron chi connectivity index (χ0n) is 25.5. The van der Waals surface area contributed by atoms with Gasteiger partial charge in [0, 0.05) is 30.1 Å². The Hall–Kier alpha value is -4.84. The Balaban J connectivity index is 1.29.